The van der Waals surface area contributed by atoms with Gasteiger partial charge in [0.15, 0.2) is 0 Å². The molecule has 0 aliphatic heterocycles. The standard InChI is InChI=1S/C15H15ClF3N3O3/c16-12-3-1-11(2-4-12)13(7-22-10-20-9-21-22)25-14(23)5-6-24-8-15(17,18)19/h1-4,9-10,13H,5-8H2/t13-/m0/s1. The zero-order valence-corrected chi connectivity index (χ0v) is 13.7. The maximum atomic E-state index is 12.0. The van der Waals surface area contributed by atoms with Crippen LogP contribution in [0.5, 0.6) is 0 Å². The minimum atomic E-state index is -4.43. The predicted octanol–water partition coefficient (Wildman–Crippen LogP) is 3.19. The Kier molecular flexibility index (Phi) is 6.77. The molecule has 1 aromatic carbocycles. The van der Waals surface area contributed by atoms with E-state index in [2.05, 4.69) is 14.8 Å². The molecule has 10 heteroatoms. The van der Waals surface area contributed by atoms with Gasteiger partial charge in [0.2, 0.25) is 0 Å². The van der Waals surface area contributed by atoms with Gasteiger partial charge in [0.1, 0.15) is 25.4 Å². The number of halogens is 4. The summed E-state index contributed by atoms with van der Waals surface area (Å²) in [7, 11) is 0. The summed E-state index contributed by atoms with van der Waals surface area (Å²) < 4.78 is 47.2. The number of esters is 1. The van der Waals surface area contributed by atoms with Gasteiger partial charge in [0, 0.05) is 5.02 Å². The second-order valence-electron chi connectivity index (χ2n) is 5.07. The maximum Gasteiger partial charge on any atom is 0.411 e. The largest absolute Gasteiger partial charge is 0.455 e. The zero-order valence-electron chi connectivity index (χ0n) is 12.9. The number of alkyl halides is 3. The van der Waals surface area contributed by atoms with Crippen molar-refractivity contribution in [2.75, 3.05) is 13.2 Å². The van der Waals surface area contributed by atoms with Gasteiger partial charge in [-0.2, -0.15) is 18.3 Å². The molecule has 0 amide bonds. The molecule has 2 aromatic rings. The van der Waals surface area contributed by atoms with Crippen LogP contribution in [0.4, 0.5) is 13.2 Å². The number of carbonyl (C=O) groups is 1. The van der Waals surface area contributed by atoms with Gasteiger partial charge < -0.3 is 9.47 Å². The van der Waals surface area contributed by atoms with E-state index in [1.807, 2.05) is 0 Å². The van der Waals surface area contributed by atoms with Crippen LogP contribution in [-0.4, -0.2) is 40.1 Å². The van der Waals surface area contributed by atoms with Gasteiger partial charge in [0.25, 0.3) is 0 Å². The molecule has 25 heavy (non-hydrogen) atoms. The summed E-state index contributed by atoms with van der Waals surface area (Å²) in [6.07, 6.45) is -2.61. The summed E-state index contributed by atoms with van der Waals surface area (Å²) in [5.41, 5.74) is 0.671. The van der Waals surface area contributed by atoms with Gasteiger partial charge in [0.05, 0.1) is 19.6 Å². The van der Waals surface area contributed by atoms with Crippen molar-refractivity contribution < 1.29 is 27.4 Å². The van der Waals surface area contributed by atoms with E-state index in [1.165, 1.54) is 17.3 Å². The molecule has 136 valence electrons. The second-order valence-corrected chi connectivity index (χ2v) is 5.50. The molecule has 0 unspecified atom stereocenters. The van der Waals surface area contributed by atoms with Crippen LogP contribution in [0.3, 0.4) is 0 Å². The molecule has 0 aliphatic rings. The molecule has 1 heterocycles. The number of ether oxygens (including phenoxy) is 2. The molecule has 0 saturated heterocycles. The Morgan fingerprint density at radius 2 is 2.00 bits per heavy atom. The van der Waals surface area contributed by atoms with E-state index in [9.17, 15) is 18.0 Å². The summed E-state index contributed by atoms with van der Waals surface area (Å²) in [4.78, 5) is 15.7. The lowest BCUT2D eigenvalue weighted by atomic mass is 10.1. The van der Waals surface area contributed by atoms with E-state index in [-0.39, 0.29) is 19.6 Å². The first-order valence-corrected chi connectivity index (χ1v) is 7.63. The van der Waals surface area contributed by atoms with Crippen molar-refractivity contribution in [3.63, 3.8) is 0 Å². The predicted molar refractivity (Wildman–Crippen MR) is 81.8 cm³/mol. The fourth-order valence-electron chi connectivity index (χ4n) is 1.95. The molecule has 0 saturated carbocycles. The van der Waals surface area contributed by atoms with Crippen molar-refractivity contribution in [3.05, 3.63) is 47.5 Å². The minimum absolute atomic E-state index is 0.205. The Hall–Kier alpha value is -2.13. The highest BCUT2D eigenvalue weighted by Crippen LogP contribution is 2.22. The molecule has 1 atom stereocenters. The number of nitrogens with zero attached hydrogens (tertiary/aromatic N) is 3. The van der Waals surface area contributed by atoms with E-state index in [0.29, 0.717) is 10.6 Å². The minimum Gasteiger partial charge on any atom is -0.455 e. The van der Waals surface area contributed by atoms with E-state index in [4.69, 9.17) is 16.3 Å². The topological polar surface area (TPSA) is 66.2 Å². The second kappa shape index (κ2) is 8.82. The Morgan fingerprint density at radius 3 is 2.60 bits per heavy atom. The molecule has 2 rings (SSSR count). The Balaban J connectivity index is 1.93. The van der Waals surface area contributed by atoms with Crippen LogP contribution in [0.25, 0.3) is 0 Å². The monoisotopic (exact) mass is 377 g/mol. The third-order valence-corrected chi connectivity index (χ3v) is 3.30. The lowest BCUT2D eigenvalue weighted by molar-refractivity contribution is -0.177. The fourth-order valence-corrected chi connectivity index (χ4v) is 2.07. The first-order valence-electron chi connectivity index (χ1n) is 7.25. The van der Waals surface area contributed by atoms with Gasteiger partial charge in [-0.1, -0.05) is 23.7 Å². The molecular formula is C15H15ClF3N3O3. The number of carbonyl (C=O) groups excluding carboxylic acids is 1. The number of rotatable bonds is 8. The quantitative estimate of drug-likeness (QED) is 0.522. The maximum absolute atomic E-state index is 12.0. The Labute approximate surface area is 146 Å². The molecule has 0 aliphatic carbocycles. The third-order valence-electron chi connectivity index (χ3n) is 3.05. The van der Waals surface area contributed by atoms with Gasteiger partial charge in [-0.3, -0.25) is 4.79 Å². The van der Waals surface area contributed by atoms with Crippen LogP contribution in [0.15, 0.2) is 36.9 Å². The van der Waals surface area contributed by atoms with Crippen molar-refractivity contribution >= 4 is 17.6 Å². The number of benzene rings is 1. The van der Waals surface area contributed by atoms with E-state index < -0.39 is 24.9 Å². The van der Waals surface area contributed by atoms with Crippen LogP contribution in [0.1, 0.15) is 18.1 Å². The van der Waals surface area contributed by atoms with Crippen molar-refractivity contribution in [2.24, 2.45) is 0 Å². The van der Waals surface area contributed by atoms with Crippen molar-refractivity contribution in [1.29, 1.82) is 0 Å². The molecule has 6 nitrogen and oxygen atoms in total. The highest BCUT2D eigenvalue weighted by Gasteiger charge is 2.27. The highest BCUT2D eigenvalue weighted by atomic mass is 35.5. The summed E-state index contributed by atoms with van der Waals surface area (Å²) >= 11 is 5.84. The van der Waals surface area contributed by atoms with Gasteiger partial charge in [-0.15, -0.1) is 0 Å². The SMILES string of the molecule is O=C(CCOCC(F)(F)F)O[C@@H](Cn1cncn1)c1ccc(Cl)cc1. The lowest BCUT2D eigenvalue weighted by Gasteiger charge is -2.18. The van der Waals surface area contributed by atoms with Crippen LogP contribution >= 0.6 is 11.6 Å². The number of hydrogen-bond donors (Lipinski definition) is 0. The summed E-state index contributed by atoms with van der Waals surface area (Å²) in [5.74, 6) is -0.678. The van der Waals surface area contributed by atoms with Crippen molar-refractivity contribution in [1.82, 2.24) is 14.8 Å². The molecule has 0 bridgehead atoms. The third kappa shape index (κ3) is 7.10. The van der Waals surface area contributed by atoms with Gasteiger partial charge >= 0.3 is 12.1 Å². The molecule has 0 spiro atoms. The Bertz CT molecular complexity index is 663. The van der Waals surface area contributed by atoms with Crippen molar-refractivity contribution in [3.8, 4) is 0 Å². The molecule has 0 N–H and O–H groups in total. The first kappa shape index (κ1) is 19.2. The van der Waals surface area contributed by atoms with E-state index in [1.54, 1.807) is 24.3 Å². The summed E-state index contributed by atoms with van der Waals surface area (Å²) in [6, 6.07) is 6.67. The fraction of sp³-hybridized carbons (Fsp3) is 0.400. The van der Waals surface area contributed by atoms with E-state index >= 15 is 0 Å². The van der Waals surface area contributed by atoms with Gasteiger partial charge in [-0.25, -0.2) is 9.67 Å². The highest BCUT2D eigenvalue weighted by molar-refractivity contribution is 6.30. The summed E-state index contributed by atoms with van der Waals surface area (Å²) in [5, 5.41) is 4.47. The van der Waals surface area contributed by atoms with Crippen LogP contribution in [0, 0.1) is 0 Å². The average molecular weight is 378 g/mol. The first-order chi connectivity index (χ1) is 11.8. The van der Waals surface area contributed by atoms with E-state index in [0.717, 1.165) is 0 Å². The number of aromatic nitrogens is 3. The smallest absolute Gasteiger partial charge is 0.411 e. The van der Waals surface area contributed by atoms with Gasteiger partial charge in [-0.05, 0) is 17.7 Å². The average Bonchev–Trinajstić information content (AvgIpc) is 3.04. The van der Waals surface area contributed by atoms with Crippen molar-refractivity contribution in [2.45, 2.75) is 25.2 Å². The molecule has 1 aromatic heterocycles. The molecule has 0 radical (unpaired) electrons. The summed E-state index contributed by atoms with van der Waals surface area (Å²) in [6.45, 7) is -1.58. The van der Waals surface area contributed by atoms with Crippen LogP contribution < -0.4 is 0 Å². The normalized spacial score (nSPS) is 12.8. The molecular weight excluding hydrogens is 363 g/mol. The Morgan fingerprint density at radius 1 is 1.28 bits per heavy atom. The lowest BCUT2D eigenvalue weighted by Crippen LogP contribution is -2.21. The molecule has 0 fully saturated rings. The number of hydrogen-bond acceptors (Lipinski definition) is 5. The van der Waals surface area contributed by atoms with Crippen LogP contribution in [0.2, 0.25) is 5.02 Å². The zero-order chi connectivity index (χ0) is 18.3. The van der Waals surface area contributed by atoms with Crippen LogP contribution in [-0.2, 0) is 20.8 Å².